The first-order chi connectivity index (χ1) is 10.1. The maximum Gasteiger partial charge on any atom is 0.319 e. The first-order valence-electron chi connectivity index (χ1n) is 6.59. The van der Waals surface area contributed by atoms with Gasteiger partial charge in [0.15, 0.2) is 0 Å². The van der Waals surface area contributed by atoms with Crippen molar-refractivity contribution in [3.63, 3.8) is 0 Å². The standard InChI is InChI=1S/C16H17FN2O2/c1-11-7-8-13(17)9-14(11)18-16(21)19-15(10-20)12-5-3-2-4-6-12/h2-9,15,20H,10H2,1H3,(H2,18,19,21). The van der Waals surface area contributed by atoms with Gasteiger partial charge in [-0.2, -0.15) is 0 Å². The molecular formula is C16H17FN2O2. The maximum absolute atomic E-state index is 13.2. The number of carbonyl (C=O) groups excluding carboxylic acids is 1. The molecule has 2 rings (SSSR count). The molecule has 3 N–H and O–H groups in total. The van der Waals surface area contributed by atoms with E-state index < -0.39 is 17.9 Å². The van der Waals surface area contributed by atoms with Crippen LogP contribution in [0.1, 0.15) is 17.2 Å². The Morgan fingerprint density at radius 3 is 2.62 bits per heavy atom. The molecule has 0 aliphatic heterocycles. The van der Waals surface area contributed by atoms with Crippen molar-refractivity contribution in [3.8, 4) is 0 Å². The lowest BCUT2D eigenvalue weighted by atomic mass is 10.1. The molecule has 5 heteroatoms. The second-order valence-corrected chi connectivity index (χ2v) is 4.70. The number of aliphatic hydroxyl groups excluding tert-OH is 1. The smallest absolute Gasteiger partial charge is 0.319 e. The minimum atomic E-state index is -0.514. The number of benzene rings is 2. The Bertz CT molecular complexity index is 617. The highest BCUT2D eigenvalue weighted by Crippen LogP contribution is 2.17. The average Bonchev–Trinajstić information content (AvgIpc) is 2.49. The molecule has 2 amide bonds. The molecule has 0 spiro atoms. The van der Waals surface area contributed by atoms with Crippen LogP contribution in [0.15, 0.2) is 48.5 Å². The number of carbonyl (C=O) groups is 1. The Hall–Kier alpha value is -2.40. The molecule has 0 radical (unpaired) electrons. The Balaban J connectivity index is 2.05. The van der Waals surface area contributed by atoms with E-state index in [0.717, 1.165) is 11.1 Å². The number of hydrogen-bond donors (Lipinski definition) is 3. The van der Waals surface area contributed by atoms with Crippen molar-refractivity contribution in [2.24, 2.45) is 0 Å². The van der Waals surface area contributed by atoms with Crippen LogP contribution in [0.2, 0.25) is 0 Å². The monoisotopic (exact) mass is 288 g/mol. The van der Waals surface area contributed by atoms with Crippen LogP contribution >= 0.6 is 0 Å². The zero-order valence-electron chi connectivity index (χ0n) is 11.6. The molecule has 0 aliphatic rings. The van der Waals surface area contributed by atoms with Crippen LogP contribution in [0.5, 0.6) is 0 Å². The Morgan fingerprint density at radius 1 is 1.24 bits per heavy atom. The van der Waals surface area contributed by atoms with Crippen LogP contribution in [0.25, 0.3) is 0 Å². The van der Waals surface area contributed by atoms with Crippen molar-refractivity contribution in [2.45, 2.75) is 13.0 Å². The van der Waals surface area contributed by atoms with E-state index in [1.165, 1.54) is 12.1 Å². The average molecular weight is 288 g/mol. The van der Waals surface area contributed by atoms with Gasteiger partial charge < -0.3 is 15.7 Å². The van der Waals surface area contributed by atoms with Gasteiger partial charge in [-0.05, 0) is 30.2 Å². The number of anilines is 1. The fourth-order valence-corrected chi connectivity index (χ4v) is 1.97. The number of aryl methyl sites for hydroxylation is 1. The Morgan fingerprint density at radius 2 is 1.95 bits per heavy atom. The largest absolute Gasteiger partial charge is 0.394 e. The summed E-state index contributed by atoms with van der Waals surface area (Å²) in [5, 5.41) is 14.6. The van der Waals surface area contributed by atoms with E-state index >= 15 is 0 Å². The molecule has 0 fully saturated rings. The summed E-state index contributed by atoms with van der Waals surface area (Å²) in [5.74, 6) is -0.419. The van der Waals surface area contributed by atoms with E-state index in [2.05, 4.69) is 10.6 Å². The van der Waals surface area contributed by atoms with Gasteiger partial charge in [0.05, 0.1) is 12.6 Å². The van der Waals surface area contributed by atoms with Crippen molar-refractivity contribution in [1.29, 1.82) is 0 Å². The van der Waals surface area contributed by atoms with E-state index in [1.54, 1.807) is 13.0 Å². The zero-order chi connectivity index (χ0) is 15.2. The summed E-state index contributed by atoms with van der Waals surface area (Å²) in [6, 6.07) is 12.3. The first kappa shape index (κ1) is 15.0. The predicted octanol–water partition coefficient (Wildman–Crippen LogP) is 2.99. The van der Waals surface area contributed by atoms with E-state index in [9.17, 15) is 14.3 Å². The van der Waals surface area contributed by atoms with Gasteiger partial charge >= 0.3 is 6.03 Å². The van der Waals surface area contributed by atoms with Crippen molar-refractivity contribution in [3.05, 3.63) is 65.5 Å². The topological polar surface area (TPSA) is 61.4 Å². The van der Waals surface area contributed by atoms with Gasteiger partial charge in [0, 0.05) is 5.69 Å². The van der Waals surface area contributed by atoms with Gasteiger partial charge in [-0.1, -0.05) is 36.4 Å². The molecule has 110 valence electrons. The van der Waals surface area contributed by atoms with E-state index in [-0.39, 0.29) is 6.61 Å². The minimum absolute atomic E-state index is 0.223. The maximum atomic E-state index is 13.2. The third kappa shape index (κ3) is 4.03. The predicted molar refractivity (Wildman–Crippen MR) is 79.6 cm³/mol. The molecule has 0 aliphatic carbocycles. The number of nitrogens with one attached hydrogen (secondary N) is 2. The van der Waals surface area contributed by atoms with E-state index in [4.69, 9.17) is 0 Å². The second kappa shape index (κ2) is 6.85. The molecule has 2 aromatic carbocycles. The molecule has 21 heavy (non-hydrogen) atoms. The van der Waals surface area contributed by atoms with Gasteiger partial charge in [0.25, 0.3) is 0 Å². The van der Waals surface area contributed by atoms with Crippen LogP contribution in [-0.2, 0) is 0 Å². The number of rotatable bonds is 4. The summed E-state index contributed by atoms with van der Waals surface area (Å²) in [7, 11) is 0. The summed E-state index contributed by atoms with van der Waals surface area (Å²) in [5.41, 5.74) is 1.95. The molecule has 2 aromatic rings. The van der Waals surface area contributed by atoms with Gasteiger partial charge in [0.2, 0.25) is 0 Å². The van der Waals surface area contributed by atoms with Crippen LogP contribution in [0.3, 0.4) is 0 Å². The molecule has 0 saturated carbocycles. The van der Waals surface area contributed by atoms with E-state index in [0.29, 0.717) is 5.69 Å². The summed E-state index contributed by atoms with van der Waals surface area (Å²) in [6.45, 7) is 1.55. The van der Waals surface area contributed by atoms with Crippen molar-refractivity contribution < 1.29 is 14.3 Å². The third-order valence-electron chi connectivity index (χ3n) is 3.14. The molecule has 0 bridgehead atoms. The second-order valence-electron chi connectivity index (χ2n) is 4.70. The van der Waals surface area contributed by atoms with Crippen molar-refractivity contribution >= 4 is 11.7 Å². The normalized spacial score (nSPS) is 11.8. The van der Waals surface area contributed by atoms with Crippen LogP contribution in [0, 0.1) is 12.7 Å². The minimum Gasteiger partial charge on any atom is -0.394 e. The number of hydrogen-bond acceptors (Lipinski definition) is 2. The molecule has 0 saturated heterocycles. The van der Waals surface area contributed by atoms with Crippen LogP contribution in [0.4, 0.5) is 14.9 Å². The zero-order valence-corrected chi connectivity index (χ0v) is 11.6. The number of urea groups is 1. The highest BCUT2D eigenvalue weighted by molar-refractivity contribution is 5.90. The number of amides is 2. The van der Waals surface area contributed by atoms with Gasteiger partial charge in [-0.3, -0.25) is 0 Å². The molecule has 4 nitrogen and oxygen atoms in total. The lowest BCUT2D eigenvalue weighted by Gasteiger charge is -2.17. The van der Waals surface area contributed by atoms with Gasteiger partial charge in [-0.25, -0.2) is 9.18 Å². The van der Waals surface area contributed by atoms with Gasteiger partial charge in [-0.15, -0.1) is 0 Å². The molecule has 0 heterocycles. The number of halogens is 1. The SMILES string of the molecule is Cc1ccc(F)cc1NC(=O)NC(CO)c1ccccc1. The highest BCUT2D eigenvalue weighted by atomic mass is 19.1. The lowest BCUT2D eigenvalue weighted by Crippen LogP contribution is -2.34. The fraction of sp³-hybridized carbons (Fsp3) is 0.188. The summed E-state index contributed by atoms with van der Waals surface area (Å²) >= 11 is 0. The van der Waals surface area contributed by atoms with Crippen molar-refractivity contribution in [2.75, 3.05) is 11.9 Å². The highest BCUT2D eigenvalue weighted by Gasteiger charge is 2.14. The summed E-state index contributed by atoms with van der Waals surface area (Å²) in [4.78, 5) is 12.0. The molecular weight excluding hydrogens is 271 g/mol. The van der Waals surface area contributed by atoms with Crippen LogP contribution < -0.4 is 10.6 Å². The third-order valence-corrected chi connectivity index (χ3v) is 3.14. The molecule has 1 unspecified atom stereocenters. The number of aliphatic hydroxyl groups is 1. The molecule has 1 atom stereocenters. The summed E-state index contributed by atoms with van der Waals surface area (Å²) < 4.78 is 13.2. The fourth-order valence-electron chi connectivity index (χ4n) is 1.97. The van der Waals surface area contributed by atoms with Crippen LogP contribution in [-0.4, -0.2) is 17.7 Å². The quantitative estimate of drug-likeness (QED) is 0.810. The van der Waals surface area contributed by atoms with E-state index in [1.807, 2.05) is 30.3 Å². The molecule has 0 aromatic heterocycles. The Kier molecular flexibility index (Phi) is 4.90. The van der Waals surface area contributed by atoms with Crippen molar-refractivity contribution in [1.82, 2.24) is 5.32 Å². The Labute approximate surface area is 122 Å². The summed E-state index contributed by atoms with van der Waals surface area (Å²) in [6.07, 6.45) is 0. The van der Waals surface area contributed by atoms with Gasteiger partial charge in [0.1, 0.15) is 5.82 Å². The lowest BCUT2D eigenvalue weighted by molar-refractivity contribution is 0.225. The first-order valence-corrected chi connectivity index (χ1v) is 6.59.